The first-order chi connectivity index (χ1) is 19.2. The quantitative estimate of drug-likeness (QED) is 0.379. The molecule has 10 heteroatoms. The zero-order valence-corrected chi connectivity index (χ0v) is 24.6. The lowest BCUT2D eigenvalue weighted by molar-refractivity contribution is -0.0798. The number of nitrogens with zero attached hydrogens (tertiary/aromatic N) is 7. The molecule has 2 aliphatic heterocycles. The summed E-state index contributed by atoms with van der Waals surface area (Å²) < 4.78 is 7.34. The van der Waals surface area contributed by atoms with E-state index in [9.17, 15) is 5.11 Å². The Balaban J connectivity index is 1.30. The van der Waals surface area contributed by atoms with Crippen molar-refractivity contribution in [1.82, 2.24) is 34.4 Å². The molecular weight excluding hydrogens is 504 g/mol. The highest BCUT2D eigenvalue weighted by molar-refractivity contribution is 5.90. The van der Waals surface area contributed by atoms with Crippen molar-refractivity contribution >= 4 is 22.5 Å². The number of aromatic nitrogens is 5. The lowest BCUT2D eigenvalue weighted by Gasteiger charge is -2.47. The van der Waals surface area contributed by atoms with Gasteiger partial charge in [0.1, 0.15) is 18.4 Å². The topological polar surface area (TPSA) is 98.0 Å². The van der Waals surface area contributed by atoms with Crippen LogP contribution in [0, 0.1) is 13.8 Å². The van der Waals surface area contributed by atoms with Crippen molar-refractivity contribution in [1.29, 1.82) is 0 Å². The molecule has 4 aromatic rings. The van der Waals surface area contributed by atoms with Crippen LogP contribution in [-0.2, 0) is 4.74 Å². The number of β-amino-alcohol motifs (C(OH)–C–C–N with tert-alkyl or cyclic N) is 1. The highest BCUT2D eigenvalue weighted by Crippen LogP contribution is 2.38. The van der Waals surface area contributed by atoms with Crippen molar-refractivity contribution < 1.29 is 9.84 Å². The smallest absolute Gasteiger partial charge is 0.158 e. The van der Waals surface area contributed by atoms with E-state index in [0.717, 1.165) is 78.7 Å². The van der Waals surface area contributed by atoms with Crippen LogP contribution in [0.5, 0.6) is 0 Å². The van der Waals surface area contributed by atoms with E-state index in [-0.39, 0.29) is 18.0 Å². The maximum absolute atomic E-state index is 11.2. The highest BCUT2D eigenvalue weighted by atomic mass is 16.5. The summed E-state index contributed by atoms with van der Waals surface area (Å²) in [7, 11) is 0. The van der Waals surface area contributed by atoms with Gasteiger partial charge in [-0.1, -0.05) is 13.8 Å². The Kier molecular flexibility index (Phi) is 7.28. The molecule has 0 aromatic carbocycles. The summed E-state index contributed by atoms with van der Waals surface area (Å²) in [5.74, 6) is 1.27. The Morgan fingerprint density at radius 1 is 1.07 bits per heavy atom. The van der Waals surface area contributed by atoms with Gasteiger partial charge >= 0.3 is 0 Å². The predicted octanol–water partition coefficient (Wildman–Crippen LogP) is 3.56. The average Bonchev–Trinajstić information content (AvgIpc) is 3.55. The lowest BCUT2D eigenvalue weighted by Crippen LogP contribution is -2.62. The molecule has 6 heterocycles. The molecule has 6 rings (SSSR count). The van der Waals surface area contributed by atoms with E-state index in [4.69, 9.17) is 9.72 Å². The number of anilines is 1. The number of aliphatic hydroxyl groups excluding tert-OH is 1. The largest absolute Gasteiger partial charge is 0.379 e. The van der Waals surface area contributed by atoms with Crippen molar-refractivity contribution in [2.45, 2.75) is 65.8 Å². The highest BCUT2D eigenvalue weighted by Gasteiger charge is 2.35. The Hall–Kier alpha value is -3.05. The van der Waals surface area contributed by atoms with E-state index in [1.54, 1.807) is 6.33 Å². The van der Waals surface area contributed by atoms with Gasteiger partial charge in [-0.3, -0.25) is 9.80 Å². The van der Waals surface area contributed by atoms with E-state index in [1.165, 1.54) is 11.1 Å². The minimum absolute atomic E-state index is 0.198. The van der Waals surface area contributed by atoms with E-state index in [2.05, 4.69) is 89.6 Å². The number of aliphatic hydroxyl groups is 1. The monoisotopic (exact) mass is 546 g/mol. The van der Waals surface area contributed by atoms with Crippen LogP contribution in [0.4, 0.5) is 5.82 Å². The number of pyridine rings is 2. The fraction of sp³-hybridized carbons (Fsp3) is 0.567. The standard InChI is InChI=1S/C30H42N8O2/c1-18(2)27-28(23-15-37-30(31-17-32-37)22(6)21(23)5)33-24-7-8-25(34-29(24)27)36-13-19(3)38(20(4)14-36)26(39)16-35-9-11-40-12-10-35/h7-8,15,17-20,26,33,39H,9-14,16H2,1-6H3/t19-,20-,26?/m1/s1. The molecule has 2 fully saturated rings. The second kappa shape index (κ2) is 10.7. The lowest BCUT2D eigenvalue weighted by atomic mass is 9.95. The number of aromatic amines is 1. The summed E-state index contributed by atoms with van der Waals surface area (Å²) in [4.78, 5) is 20.3. The third kappa shape index (κ3) is 4.76. The molecule has 0 aliphatic carbocycles. The number of hydrogen-bond donors (Lipinski definition) is 2. The van der Waals surface area contributed by atoms with Crippen molar-refractivity contribution in [3.05, 3.63) is 41.3 Å². The van der Waals surface area contributed by atoms with Gasteiger partial charge in [-0.25, -0.2) is 14.5 Å². The van der Waals surface area contributed by atoms with Crippen molar-refractivity contribution in [3.63, 3.8) is 0 Å². The molecule has 0 bridgehead atoms. The first kappa shape index (κ1) is 27.1. The van der Waals surface area contributed by atoms with Crippen LogP contribution in [0.2, 0.25) is 0 Å². The molecule has 0 radical (unpaired) electrons. The zero-order valence-electron chi connectivity index (χ0n) is 24.6. The first-order valence-corrected chi connectivity index (χ1v) is 14.6. The third-order valence-electron chi connectivity index (χ3n) is 8.82. The number of ether oxygens (including phenoxy) is 1. The Labute approximate surface area is 236 Å². The summed E-state index contributed by atoms with van der Waals surface area (Å²) >= 11 is 0. The molecule has 0 spiro atoms. The van der Waals surface area contributed by atoms with Gasteiger partial charge in [0, 0.05) is 62.1 Å². The molecule has 0 amide bonds. The maximum atomic E-state index is 11.2. The van der Waals surface area contributed by atoms with Crippen LogP contribution in [0.15, 0.2) is 24.7 Å². The van der Waals surface area contributed by atoms with Crippen LogP contribution in [0.3, 0.4) is 0 Å². The second-order valence-corrected chi connectivity index (χ2v) is 11.9. The average molecular weight is 547 g/mol. The summed E-state index contributed by atoms with van der Waals surface area (Å²) in [6, 6.07) is 4.69. The summed E-state index contributed by atoms with van der Waals surface area (Å²) in [5, 5.41) is 15.6. The van der Waals surface area contributed by atoms with Gasteiger partial charge in [0.25, 0.3) is 0 Å². The fourth-order valence-corrected chi connectivity index (χ4v) is 6.70. The molecule has 3 atom stereocenters. The molecule has 10 nitrogen and oxygen atoms in total. The van der Waals surface area contributed by atoms with Gasteiger partial charge in [0.2, 0.25) is 0 Å². The van der Waals surface area contributed by atoms with E-state index >= 15 is 0 Å². The molecule has 2 N–H and O–H groups in total. The SMILES string of the molecule is Cc1c(-c2[nH]c3ccc(N4C[C@@H](C)N(C(O)CN5CCOCC5)[C@H](C)C4)nc3c2C(C)C)cn2ncnc2c1C. The van der Waals surface area contributed by atoms with Crippen molar-refractivity contribution in [2.75, 3.05) is 50.8 Å². The molecule has 4 aromatic heterocycles. The van der Waals surface area contributed by atoms with Gasteiger partial charge in [-0.05, 0) is 56.9 Å². The zero-order chi connectivity index (χ0) is 28.1. The van der Waals surface area contributed by atoms with E-state index in [0.29, 0.717) is 6.54 Å². The van der Waals surface area contributed by atoms with Crippen LogP contribution < -0.4 is 4.90 Å². The molecule has 214 valence electrons. The summed E-state index contributed by atoms with van der Waals surface area (Å²) in [6.07, 6.45) is 3.19. The molecule has 40 heavy (non-hydrogen) atoms. The van der Waals surface area contributed by atoms with Gasteiger partial charge < -0.3 is 19.7 Å². The molecular formula is C30H42N8O2. The number of H-pyrrole nitrogens is 1. The number of morpholine rings is 1. The summed E-state index contributed by atoms with van der Waals surface area (Å²) in [5.41, 5.74) is 8.74. The van der Waals surface area contributed by atoms with Gasteiger partial charge in [0.05, 0.1) is 29.9 Å². The van der Waals surface area contributed by atoms with Gasteiger partial charge in [-0.2, -0.15) is 5.10 Å². The summed E-state index contributed by atoms with van der Waals surface area (Å²) in [6.45, 7) is 18.7. The number of nitrogens with one attached hydrogen (secondary N) is 1. The van der Waals surface area contributed by atoms with E-state index < -0.39 is 6.23 Å². The Morgan fingerprint density at radius 3 is 2.50 bits per heavy atom. The molecule has 2 saturated heterocycles. The maximum Gasteiger partial charge on any atom is 0.158 e. The normalized spacial score (nSPS) is 22.1. The van der Waals surface area contributed by atoms with Crippen molar-refractivity contribution in [2.24, 2.45) is 0 Å². The number of aryl methyl sites for hydroxylation is 1. The number of rotatable bonds is 6. The van der Waals surface area contributed by atoms with Crippen LogP contribution >= 0.6 is 0 Å². The Morgan fingerprint density at radius 2 is 1.80 bits per heavy atom. The molecule has 2 aliphatic rings. The third-order valence-corrected chi connectivity index (χ3v) is 8.82. The second-order valence-electron chi connectivity index (χ2n) is 11.9. The number of hydrogen-bond acceptors (Lipinski definition) is 8. The number of fused-ring (bicyclic) bond motifs is 2. The predicted molar refractivity (Wildman–Crippen MR) is 158 cm³/mol. The molecule has 0 saturated carbocycles. The van der Waals surface area contributed by atoms with Gasteiger partial charge in [-0.15, -0.1) is 0 Å². The van der Waals surface area contributed by atoms with Crippen LogP contribution in [0.25, 0.3) is 27.9 Å². The fourth-order valence-electron chi connectivity index (χ4n) is 6.70. The van der Waals surface area contributed by atoms with Crippen LogP contribution in [-0.4, -0.2) is 104 Å². The number of piperazine rings is 1. The molecule has 1 unspecified atom stereocenters. The first-order valence-electron chi connectivity index (χ1n) is 14.6. The van der Waals surface area contributed by atoms with E-state index in [1.807, 2.05) is 4.52 Å². The van der Waals surface area contributed by atoms with Crippen molar-refractivity contribution in [3.8, 4) is 11.3 Å². The Bertz CT molecular complexity index is 1490. The minimum atomic E-state index is -0.491. The van der Waals surface area contributed by atoms with Crippen LogP contribution in [0.1, 0.15) is 50.3 Å². The minimum Gasteiger partial charge on any atom is -0.379 e. The van der Waals surface area contributed by atoms with Gasteiger partial charge in [0.15, 0.2) is 5.65 Å².